The molecule has 1 aliphatic heterocycles. The molecular formula is C22H24FN7O. The second-order valence-corrected chi connectivity index (χ2v) is 7.86. The molecule has 0 saturated carbocycles. The molecule has 4 heterocycles. The lowest BCUT2D eigenvalue weighted by molar-refractivity contribution is 0.295. The Morgan fingerprint density at radius 1 is 1.16 bits per heavy atom. The van der Waals surface area contributed by atoms with E-state index in [0.717, 1.165) is 34.5 Å². The molecule has 2 N–H and O–H groups in total. The molecule has 0 unspecified atom stereocenters. The Kier molecular flexibility index (Phi) is 5.03. The molecule has 0 amide bonds. The molecule has 5 rings (SSSR count). The van der Waals surface area contributed by atoms with Crippen molar-refractivity contribution in [3.05, 3.63) is 65.9 Å². The fourth-order valence-electron chi connectivity index (χ4n) is 4.09. The van der Waals surface area contributed by atoms with Gasteiger partial charge < -0.3 is 19.9 Å². The van der Waals surface area contributed by atoms with Gasteiger partial charge in [-0.25, -0.2) is 9.37 Å². The summed E-state index contributed by atoms with van der Waals surface area (Å²) < 4.78 is 17.1. The van der Waals surface area contributed by atoms with Crippen LogP contribution in [0.3, 0.4) is 0 Å². The number of benzene rings is 1. The Morgan fingerprint density at radius 2 is 2.00 bits per heavy atom. The van der Waals surface area contributed by atoms with E-state index in [4.69, 9.17) is 4.98 Å². The van der Waals surface area contributed by atoms with Gasteiger partial charge in [0.05, 0.1) is 24.9 Å². The standard InChI is InChI=1S/C22H24FN7O/c1-15-12-28-7-6-19-20(28)21(30(15)8-9-31)27-22(26-19)24-10-17-11-25-29(14-17)13-16-2-4-18(23)5-3-16/h2-7,11,14-15,31H,8-10,12-13H2,1H3,(H,24,26,27)/t15-/m0/s1. The second kappa shape index (κ2) is 7.99. The highest BCUT2D eigenvalue weighted by molar-refractivity contribution is 5.89. The normalized spacial score (nSPS) is 15.6. The average molecular weight is 421 g/mol. The number of aliphatic hydroxyl groups excluding tert-OH is 1. The largest absolute Gasteiger partial charge is 0.395 e. The molecule has 160 valence electrons. The van der Waals surface area contributed by atoms with Crippen molar-refractivity contribution in [2.45, 2.75) is 32.6 Å². The Hall–Kier alpha value is -3.46. The summed E-state index contributed by atoms with van der Waals surface area (Å²) in [5, 5.41) is 17.2. The molecule has 0 fully saturated rings. The van der Waals surface area contributed by atoms with Crippen LogP contribution in [0.5, 0.6) is 0 Å². The van der Waals surface area contributed by atoms with Crippen LogP contribution in [-0.2, 0) is 19.6 Å². The van der Waals surface area contributed by atoms with Gasteiger partial charge in [0.2, 0.25) is 5.95 Å². The maximum atomic E-state index is 13.1. The van der Waals surface area contributed by atoms with Crippen molar-refractivity contribution < 1.29 is 9.50 Å². The van der Waals surface area contributed by atoms with Crippen molar-refractivity contribution in [3.8, 4) is 0 Å². The number of halogens is 1. The van der Waals surface area contributed by atoms with Crippen molar-refractivity contribution in [1.82, 2.24) is 24.3 Å². The third-order valence-corrected chi connectivity index (χ3v) is 5.59. The zero-order valence-corrected chi connectivity index (χ0v) is 17.2. The van der Waals surface area contributed by atoms with Gasteiger partial charge in [-0.05, 0) is 30.7 Å². The summed E-state index contributed by atoms with van der Waals surface area (Å²) in [6.07, 6.45) is 5.80. The average Bonchev–Trinajstić information content (AvgIpc) is 3.38. The number of β-amino-alcohol motifs (C(OH)–C–C–N with tert-alkyl or cyclic N) is 1. The summed E-state index contributed by atoms with van der Waals surface area (Å²) in [6.45, 7) is 4.70. The fraction of sp³-hybridized carbons (Fsp3) is 0.318. The van der Waals surface area contributed by atoms with Gasteiger partial charge in [-0.3, -0.25) is 4.68 Å². The van der Waals surface area contributed by atoms with Crippen LogP contribution in [0.1, 0.15) is 18.1 Å². The molecule has 3 aromatic heterocycles. The highest BCUT2D eigenvalue weighted by atomic mass is 19.1. The maximum absolute atomic E-state index is 13.1. The van der Waals surface area contributed by atoms with E-state index in [0.29, 0.717) is 25.6 Å². The van der Waals surface area contributed by atoms with E-state index in [1.165, 1.54) is 12.1 Å². The maximum Gasteiger partial charge on any atom is 0.225 e. The Balaban J connectivity index is 1.33. The number of aliphatic hydroxyl groups is 1. The summed E-state index contributed by atoms with van der Waals surface area (Å²) in [7, 11) is 0. The highest BCUT2D eigenvalue weighted by Gasteiger charge is 2.27. The van der Waals surface area contributed by atoms with E-state index < -0.39 is 0 Å². The predicted octanol–water partition coefficient (Wildman–Crippen LogP) is 2.63. The van der Waals surface area contributed by atoms with Crippen molar-refractivity contribution >= 4 is 22.8 Å². The lowest BCUT2D eigenvalue weighted by Crippen LogP contribution is -2.42. The highest BCUT2D eigenvalue weighted by Crippen LogP contribution is 2.32. The topological polar surface area (TPSA) is 84.0 Å². The SMILES string of the molecule is C[C@H]1Cn2ccc3nc(NCc4cnn(Cc5ccc(F)cc5)c4)nc(c32)N1CCO. The number of nitrogens with one attached hydrogen (secondary N) is 1. The van der Waals surface area contributed by atoms with E-state index >= 15 is 0 Å². The van der Waals surface area contributed by atoms with E-state index in [-0.39, 0.29) is 18.5 Å². The summed E-state index contributed by atoms with van der Waals surface area (Å²) in [5.41, 5.74) is 3.87. The zero-order chi connectivity index (χ0) is 21.4. The number of nitrogens with zero attached hydrogens (tertiary/aromatic N) is 6. The van der Waals surface area contributed by atoms with Gasteiger partial charge in [0, 0.05) is 43.6 Å². The molecule has 31 heavy (non-hydrogen) atoms. The number of aromatic nitrogens is 5. The Morgan fingerprint density at radius 3 is 2.81 bits per heavy atom. The molecular weight excluding hydrogens is 397 g/mol. The lowest BCUT2D eigenvalue weighted by Gasteiger charge is -2.35. The van der Waals surface area contributed by atoms with Crippen molar-refractivity contribution in [2.24, 2.45) is 0 Å². The third-order valence-electron chi connectivity index (χ3n) is 5.59. The first-order valence-electron chi connectivity index (χ1n) is 10.3. The minimum Gasteiger partial charge on any atom is -0.395 e. The van der Waals surface area contributed by atoms with Crippen LogP contribution in [0.25, 0.3) is 11.0 Å². The minimum absolute atomic E-state index is 0.0759. The Labute approximate surface area is 179 Å². The molecule has 0 aliphatic carbocycles. The van der Waals surface area contributed by atoms with E-state index in [2.05, 4.69) is 31.8 Å². The quantitative estimate of drug-likeness (QED) is 0.477. The van der Waals surface area contributed by atoms with Crippen LogP contribution in [0.2, 0.25) is 0 Å². The van der Waals surface area contributed by atoms with Gasteiger partial charge in [0.25, 0.3) is 0 Å². The molecule has 0 spiro atoms. The summed E-state index contributed by atoms with van der Waals surface area (Å²) >= 11 is 0. The number of anilines is 2. The monoisotopic (exact) mass is 421 g/mol. The van der Waals surface area contributed by atoms with E-state index in [1.54, 1.807) is 18.3 Å². The van der Waals surface area contributed by atoms with Crippen LogP contribution in [0.4, 0.5) is 16.2 Å². The predicted molar refractivity (Wildman–Crippen MR) is 116 cm³/mol. The Bertz CT molecular complexity index is 1200. The van der Waals surface area contributed by atoms with Crippen LogP contribution in [0.15, 0.2) is 48.9 Å². The van der Waals surface area contributed by atoms with Crippen LogP contribution < -0.4 is 10.2 Å². The van der Waals surface area contributed by atoms with E-state index in [1.807, 2.05) is 23.1 Å². The van der Waals surface area contributed by atoms with Crippen molar-refractivity contribution in [2.75, 3.05) is 23.4 Å². The lowest BCUT2D eigenvalue weighted by atomic mass is 10.2. The molecule has 0 radical (unpaired) electrons. The van der Waals surface area contributed by atoms with Gasteiger partial charge in [-0.1, -0.05) is 12.1 Å². The van der Waals surface area contributed by atoms with Crippen molar-refractivity contribution in [3.63, 3.8) is 0 Å². The van der Waals surface area contributed by atoms with Crippen LogP contribution >= 0.6 is 0 Å². The molecule has 1 atom stereocenters. The first kappa shape index (κ1) is 19.5. The van der Waals surface area contributed by atoms with Gasteiger partial charge in [0.15, 0.2) is 5.82 Å². The van der Waals surface area contributed by atoms with Gasteiger partial charge in [-0.2, -0.15) is 10.1 Å². The summed E-state index contributed by atoms with van der Waals surface area (Å²) in [6, 6.07) is 8.67. The molecule has 0 bridgehead atoms. The zero-order valence-electron chi connectivity index (χ0n) is 17.2. The van der Waals surface area contributed by atoms with Crippen LogP contribution in [-0.4, -0.2) is 48.6 Å². The van der Waals surface area contributed by atoms with Gasteiger partial charge in [0.1, 0.15) is 11.3 Å². The summed E-state index contributed by atoms with van der Waals surface area (Å²) in [4.78, 5) is 11.6. The number of hydrogen-bond donors (Lipinski definition) is 2. The second-order valence-electron chi connectivity index (χ2n) is 7.86. The molecule has 4 aromatic rings. The first-order chi connectivity index (χ1) is 15.1. The number of hydrogen-bond acceptors (Lipinski definition) is 6. The summed E-state index contributed by atoms with van der Waals surface area (Å²) in [5.74, 6) is 1.15. The van der Waals surface area contributed by atoms with Crippen molar-refractivity contribution in [1.29, 1.82) is 0 Å². The van der Waals surface area contributed by atoms with Gasteiger partial charge >= 0.3 is 0 Å². The van der Waals surface area contributed by atoms with E-state index in [9.17, 15) is 9.50 Å². The van der Waals surface area contributed by atoms with Crippen LogP contribution in [0, 0.1) is 5.82 Å². The van der Waals surface area contributed by atoms with Gasteiger partial charge in [-0.15, -0.1) is 0 Å². The smallest absolute Gasteiger partial charge is 0.225 e. The molecule has 1 aliphatic rings. The third kappa shape index (κ3) is 3.84. The molecule has 8 nitrogen and oxygen atoms in total. The molecule has 0 saturated heterocycles. The minimum atomic E-state index is -0.243. The fourth-order valence-corrected chi connectivity index (χ4v) is 4.09. The number of rotatable bonds is 7. The molecule has 9 heteroatoms. The molecule has 1 aromatic carbocycles. The first-order valence-corrected chi connectivity index (χ1v) is 10.3.